The molecule has 0 amide bonds. The van der Waals surface area contributed by atoms with E-state index in [0.29, 0.717) is 6.04 Å². The van der Waals surface area contributed by atoms with E-state index in [4.69, 9.17) is 4.74 Å². The topological polar surface area (TPSA) is 24.5 Å². The second-order valence-corrected chi connectivity index (χ2v) is 5.64. The Morgan fingerprint density at radius 1 is 1.24 bits per heavy atom. The Hall–Kier alpha value is -0.120. The third-order valence-corrected chi connectivity index (χ3v) is 3.19. The molecule has 0 aromatic rings. The van der Waals surface area contributed by atoms with Gasteiger partial charge in [0.1, 0.15) is 0 Å². The van der Waals surface area contributed by atoms with E-state index in [1.807, 2.05) is 0 Å². The summed E-state index contributed by atoms with van der Waals surface area (Å²) in [5.74, 6) is 0.891. The number of likely N-dealkylation sites (N-methyl/N-ethyl adjacent to an activating group) is 1. The zero-order valence-electron chi connectivity index (χ0n) is 11.9. The highest BCUT2D eigenvalue weighted by Crippen LogP contribution is 2.28. The molecule has 0 atom stereocenters. The van der Waals surface area contributed by atoms with Gasteiger partial charge in [0, 0.05) is 19.2 Å². The Labute approximate surface area is 107 Å². The van der Waals surface area contributed by atoms with Gasteiger partial charge < -0.3 is 15.0 Å². The van der Waals surface area contributed by atoms with Crippen molar-refractivity contribution >= 4 is 0 Å². The molecule has 102 valence electrons. The molecule has 0 unspecified atom stereocenters. The first-order valence-electron chi connectivity index (χ1n) is 7.18. The van der Waals surface area contributed by atoms with Gasteiger partial charge in [-0.15, -0.1) is 0 Å². The van der Waals surface area contributed by atoms with E-state index in [1.165, 1.54) is 32.2 Å². The maximum atomic E-state index is 5.63. The van der Waals surface area contributed by atoms with E-state index in [2.05, 4.69) is 31.1 Å². The highest BCUT2D eigenvalue weighted by atomic mass is 16.5. The van der Waals surface area contributed by atoms with Crippen molar-refractivity contribution in [2.24, 2.45) is 5.92 Å². The molecule has 0 spiro atoms. The predicted molar refractivity (Wildman–Crippen MR) is 73.4 cm³/mol. The first kappa shape index (κ1) is 14.9. The largest absolute Gasteiger partial charge is 0.380 e. The Bertz CT molecular complexity index is 181. The molecule has 1 N–H and O–H groups in total. The van der Waals surface area contributed by atoms with E-state index in [-0.39, 0.29) is 0 Å². The van der Waals surface area contributed by atoms with Crippen LogP contribution in [-0.2, 0) is 4.74 Å². The van der Waals surface area contributed by atoms with Gasteiger partial charge in [-0.2, -0.15) is 0 Å². The summed E-state index contributed by atoms with van der Waals surface area (Å²) in [6.45, 7) is 9.69. The third kappa shape index (κ3) is 9.57. The van der Waals surface area contributed by atoms with Crippen molar-refractivity contribution in [1.29, 1.82) is 0 Å². The number of nitrogens with zero attached hydrogens (tertiary/aromatic N) is 1. The molecule has 3 nitrogen and oxygen atoms in total. The maximum Gasteiger partial charge on any atom is 0.0593 e. The highest BCUT2D eigenvalue weighted by molar-refractivity contribution is 4.71. The van der Waals surface area contributed by atoms with Crippen LogP contribution in [0.2, 0.25) is 0 Å². The minimum absolute atomic E-state index is 0.614. The van der Waals surface area contributed by atoms with Gasteiger partial charge in [-0.25, -0.2) is 0 Å². The van der Waals surface area contributed by atoms with Crippen LogP contribution in [0.4, 0.5) is 0 Å². The average molecular weight is 242 g/mol. The predicted octanol–water partition coefficient (Wildman–Crippen LogP) is 2.12. The zero-order valence-corrected chi connectivity index (χ0v) is 11.9. The van der Waals surface area contributed by atoms with Crippen molar-refractivity contribution in [2.75, 3.05) is 39.9 Å². The molecular weight excluding hydrogens is 212 g/mol. The Kier molecular flexibility index (Phi) is 7.82. The van der Waals surface area contributed by atoms with Crippen molar-refractivity contribution in [3.63, 3.8) is 0 Å². The van der Waals surface area contributed by atoms with Crippen LogP contribution in [-0.4, -0.2) is 50.8 Å². The van der Waals surface area contributed by atoms with Crippen LogP contribution in [0.25, 0.3) is 0 Å². The van der Waals surface area contributed by atoms with Gasteiger partial charge in [-0.1, -0.05) is 13.8 Å². The van der Waals surface area contributed by atoms with E-state index in [9.17, 15) is 0 Å². The summed E-state index contributed by atoms with van der Waals surface area (Å²) in [6, 6.07) is 0.614. The number of ether oxygens (including phenoxy) is 1. The summed E-state index contributed by atoms with van der Waals surface area (Å²) < 4.78 is 5.63. The van der Waals surface area contributed by atoms with E-state index >= 15 is 0 Å². The third-order valence-electron chi connectivity index (χ3n) is 3.19. The molecule has 1 aliphatic carbocycles. The maximum absolute atomic E-state index is 5.63. The van der Waals surface area contributed by atoms with Crippen molar-refractivity contribution in [3.05, 3.63) is 0 Å². The monoisotopic (exact) mass is 242 g/mol. The fourth-order valence-corrected chi connectivity index (χ4v) is 1.76. The van der Waals surface area contributed by atoms with Gasteiger partial charge in [0.15, 0.2) is 0 Å². The average Bonchev–Trinajstić information content (AvgIpc) is 3.07. The van der Waals surface area contributed by atoms with Gasteiger partial charge in [0.05, 0.1) is 6.61 Å². The van der Waals surface area contributed by atoms with Crippen LogP contribution < -0.4 is 5.32 Å². The molecule has 0 aromatic heterocycles. The Morgan fingerprint density at radius 3 is 2.65 bits per heavy atom. The molecule has 0 heterocycles. The zero-order chi connectivity index (χ0) is 12.5. The normalized spacial score (nSPS) is 16.1. The van der Waals surface area contributed by atoms with Crippen LogP contribution in [0.3, 0.4) is 0 Å². The van der Waals surface area contributed by atoms with Gasteiger partial charge in [0.25, 0.3) is 0 Å². The summed E-state index contributed by atoms with van der Waals surface area (Å²) >= 11 is 0. The minimum atomic E-state index is 0.614. The molecule has 0 saturated heterocycles. The summed E-state index contributed by atoms with van der Waals surface area (Å²) in [6.07, 6.45) is 5.32. The molecule has 1 fully saturated rings. The number of rotatable bonds is 11. The number of hydrogen-bond acceptors (Lipinski definition) is 3. The number of unbranched alkanes of at least 4 members (excludes halogenated alkanes) is 1. The number of hydrogen-bond donors (Lipinski definition) is 1. The van der Waals surface area contributed by atoms with Crippen LogP contribution in [0.1, 0.15) is 39.5 Å². The first-order chi connectivity index (χ1) is 8.18. The van der Waals surface area contributed by atoms with Crippen LogP contribution in [0.5, 0.6) is 0 Å². The summed E-state index contributed by atoms with van der Waals surface area (Å²) in [4.78, 5) is 2.38. The molecule has 17 heavy (non-hydrogen) atoms. The molecule has 3 heteroatoms. The standard InChI is InChI=1S/C14H30N2O/c1-13(2)15-8-4-5-9-16(3)10-11-17-12-14-6-7-14/h13-15H,4-12H2,1-3H3. The molecule has 0 radical (unpaired) electrons. The number of nitrogens with one attached hydrogen (secondary N) is 1. The lowest BCUT2D eigenvalue weighted by atomic mass is 10.2. The Balaban J connectivity index is 1.78. The Morgan fingerprint density at radius 2 is 2.00 bits per heavy atom. The van der Waals surface area contributed by atoms with Crippen LogP contribution >= 0.6 is 0 Å². The lowest BCUT2D eigenvalue weighted by Gasteiger charge is -2.16. The van der Waals surface area contributed by atoms with Crippen LogP contribution in [0, 0.1) is 5.92 Å². The molecule has 1 rings (SSSR count). The van der Waals surface area contributed by atoms with E-state index < -0.39 is 0 Å². The van der Waals surface area contributed by atoms with Gasteiger partial charge in [0.2, 0.25) is 0 Å². The quantitative estimate of drug-likeness (QED) is 0.562. The summed E-state index contributed by atoms with van der Waals surface area (Å²) in [7, 11) is 2.19. The van der Waals surface area contributed by atoms with E-state index in [0.717, 1.165) is 32.2 Å². The lowest BCUT2D eigenvalue weighted by molar-refractivity contribution is 0.103. The summed E-state index contributed by atoms with van der Waals surface area (Å²) in [5, 5.41) is 3.45. The van der Waals surface area contributed by atoms with Gasteiger partial charge in [-0.3, -0.25) is 0 Å². The van der Waals surface area contributed by atoms with Crippen molar-refractivity contribution in [2.45, 2.75) is 45.6 Å². The fourth-order valence-electron chi connectivity index (χ4n) is 1.76. The molecule has 0 aromatic carbocycles. The fraction of sp³-hybridized carbons (Fsp3) is 1.00. The first-order valence-corrected chi connectivity index (χ1v) is 7.18. The van der Waals surface area contributed by atoms with Gasteiger partial charge >= 0.3 is 0 Å². The second kappa shape index (κ2) is 8.90. The molecule has 0 bridgehead atoms. The molecule has 0 aliphatic heterocycles. The van der Waals surface area contributed by atoms with Crippen molar-refractivity contribution < 1.29 is 4.74 Å². The van der Waals surface area contributed by atoms with Crippen molar-refractivity contribution in [1.82, 2.24) is 10.2 Å². The van der Waals surface area contributed by atoms with Crippen molar-refractivity contribution in [3.8, 4) is 0 Å². The molecular formula is C14H30N2O. The smallest absolute Gasteiger partial charge is 0.0593 e. The highest BCUT2D eigenvalue weighted by Gasteiger charge is 2.20. The SMILES string of the molecule is CC(C)NCCCCN(C)CCOCC1CC1. The van der Waals surface area contributed by atoms with E-state index in [1.54, 1.807) is 0 Å². The van der Waals surface area contributed by atoms with Gasteiger partial charge in [-0.05, 0) is 51.7 Å². The second-order valence-electron chi connectivity index (χ2n) is 5.64. The minimum Gasteiger partial charge on any atom is -0.380 e. The summed E-state index contributed by atoms with van der Waals surface area (Å²) in [5.41, 5.74) is 0. The molecule has 1 saturated carbocycles. The van der Waals surface area contributed by atoms with Crippen LogP contribution in [0.15, 0.2) is 0 Å². The molecule has 1 aliphatic rings. The lowest BCUT2D eigenvalue weighted by Crippen LogP contribution is -2.27.